The average molecular weight is 479 g/mol. The molecule has 3 heteroatoms. The third kappa shape index (κ3) is 3.07. The summed E-state index contributed by atoms with van der Waals surface area (Å²) in [6, 6.07) is 33.8. The highest BCUT2D eigenvalue weighted by molar-refractivity contribution is 6.12. The lowest BCUT2D eigenvalue weighted by Gasteiger charge is -2.36. The Labute approximate surface area is 215 Å². The van der Waals surface area contributed by atoms with Gasteiger partial charge in [0.2, 0.25) is 0 Å². The monoisotopic (exact) mass is 478 g/mol. The number of methoxy groups -OCH3 is 1. The van der Waals surface area contributed by atoms with Gasteiger partial charge in [-0.05, 0) is 85.4 Å². The summed E-state index contributed by atoms with van der Waals surface area (Å²) in [5.41, 5.74) is 18.8. The third-order valence-electron chi connectivity index (χ3n) is 7.85. The number of rotatable bonds is 3. The maximum absolute atomic E-state index is 6.44. The fourth-order valence-corrected chi connectivity index (χ4v) is 5.98. The number of allylic oxidation sites excluding steroid dienone is 2. The van der Waals surface area contributed by atoms with Crippen molar-refractivity contribution in [1.82, 2.24) is 0 Å². The summed E-state index contributed by atoms with van der Waals surface area (Å²) in [4.78, 5) is 0. The van der Waals surface area contributed by atoms with Crippen molar-refractivity contribution in [1.29, 1.82) is 0 Å². The van der Waals surface area contributed by atoms with Crippen LogP contribution < -0.4 is 11.5 Å². The van der Waals surface area contributed by atoms with Crippen LogP contribution in [0.1, 0.15) is 17.0 Å². The summed E-state index contributed by atoms with van der Waals surface area (Å²) in [6.45, 7) is 4.56. The third-order valence-corrected chi connectivity index (χ3v) is 7.85. The molecule has 1 aliphatic rings. The van der Waals surface area contributed by atoms with E-state index >= 15 is 0 Å². The van der Waals surface area contributed by atoms with E-state index in [0.717, 1.165) is 61.0 Å². The minimum Gasteiger partial charge on any atom is -0.499 e. The van der Waals surface area contributed by atoms with Crippen LogP contribution in [-0.4, -0.2) is 7.11 Å². The second-order valence-corrected chi connectivity index (χ2v) is 9.84. The van der Waals surface area contributed by atoms with Gasteiger partial charge in [0.05, 0.1) is 13.0 Å². The number of fused-ring (bicyclic) bond motifs is 4. The molecule has 0 amide bonds. The molecule has 0 heterocycles. The molecule has 0 aliphatic heterocycles. The smallest absolute Gasteiger partial charge is 0.116 e. The van der Waals surface area contributed by atoms with Gasteiger partial charge in [0.25, 0.3) is 0 Å². The fraction of sp³-hybridized carbons (Fsp3) is 0.0588. The van der Waals surface area contributed by atoms with Crippen molar-refractivity contribution >= 4 is 60.0 Å². The highest BCUT2D eigenvalue weighted by Crippen LogP contribution is 2.54. The fourth-order valence-electron chi connectivity index (χ4n) is 5.98. The average Bonchev–Trinajstić information content (AvgIpc) is 2.92. The van der Waals surface area contributed by atoms with Gasteiger partial charge in [-0.1, -0.05) is 67.2 Å². The van der Waals surface area contributed by atoms with Crippen LogP contribution in [0.4, 0.5) is 11.4 Å². The van der Waals surface area contributed by atoms with E-state index in [4.69, 9.17) is 16.2 Å². The summed E-state index contributed by atoms with van der Waals surface area (Å²) in [6.07, 6.45) is 0. The number of nitrogen functional groups attached to an aromatic ring is 2. The first-order valence-corrected chi connectivity index (χ1v) is 12.4. The summed E-state index contributed by atoms with van der Waals surface area (Å²) < 4.78 is 6.08. The Morgan fingerprint density at radius 1 is 0.622 bits per heavy atom. The predicted molar refractivity (Wildman–Crippen MR) is 158 cm³/mol. The van der Waals surface area contributed by atoms with Gasteiger partial charge in [-0.15, -0.1) is 0 Å². The van der Waals surface area contributed by atoms with E-state index < -0.39 is 0 Å². The molecule has 1 atom stereocenters. The Balaban J connectivity index is 1.46. The van der Waals surface area contributed by atoms with Crippen molar-refractivity contribution in [3.63, 3.8) is 0 Å². The number of hydrogen-bond acceptors (Lipinski definition) is 3. The van der Waals surface area contributed by atoms with Crippen LogP contribution in [0.2, 0.25) is 0 Å². The van der Waals surface area contributed by atoms with Gasteiger partial charge in [0, 0.05) is 27.7 Å². The van der Waals surface area contributed by atoms with Crippen LogP contribution in [0.5, 0.6) is 0 Å². The topological polar surface area (TPSA) is 61.3 Å². The van der Waals surface area contributed by atoms with E-state index in [1.807, 2.05) is 12.1 Å². The maximum atomic E-state index is 6.44. The molecule has 7 rings (SSSR count). The SMILES string of the molecule is C=C1C(c2ccc(N)c3cc4ccccc4cc23)=C(OC)C1c1ccc(N)c2cc3ccccc3cc12. The van der Waals surface area contributed by atoms with Gasteiger partial charge >= 0.3 is 0 Å². The van der Waals surface area contributed by atoms with Gasteiger partial charge in [0.1, 0.15) is 5.76 Å². The van der Waals surface area contributed by atoms with Crippen LogP contribution in [0.25, 0.3) is 48.7 Å². The molecule has 4 N–H and O–H groups in total. The van der Waals surface area contributed by atoms with Gasteiger partial charge in [0.15, 0.2) is 0 Å². The molecule has 0 aromatic heterocycles. The molecule has 0 spiro atoms. The predicted octanol–water partition coefficient (Wildman–Crippen LogP) is 8.17. The minimum atomic E-state index is -0.0441. The van der Waals surface area contributed by atoms with Crippen molar-refractivity contribution in [2.45, 2.75) is 5.92 Å². The standard InChI is InChI=1S/C34H26N2O/c1-19-32(24-11-13-30(35)28-17-22-9-5-3-7-20(22)15-26(24)28)34(37-2)33(19)25-12-14-31(36)29-18-23-10-6-4-8-21(23)16-27(25)29/h3-18,32H,1,35-36H2,2H3. The zero-order valence-corrected chi connectivity index (χ0v) is 20.6. The quantitative estimate of drug-likeness (QED) is 0.199. The Morgan fingerprint density at radius 3 is 1.68 bits per heavy atom. The molecular weight excluding hydrogens is 452 g/mol. The van der Waals surface area contributed by atoms with Crippen LogP contribution in [0.15, 0.2) is 115 Å². The lowest BCUT2D eigenvalue weighted by Crippen LogP contribution is -2.21. The minimum absolute atomic E-state index is 0.0441. The van der Waals surface area contributed by atoms with E-state index in [0.29, 0.717) is 0 Å². The maximum Gasteiger partial charge on any atom is 0.116 e. The molecule has 0 fully saturated rings. The van der Waals surface area contributed by atoms with Crippen molar-refractivity contribution in [3.05, 3.63) is 126 Å². The van der Waals surface area contributed by atoms with Gasteiger partial charge in [-0.2, -0.15) is 0 Å². The Hall–Kier alpha value is -4.76. The van der Waals surface area contributed by atoms with Gasteiger partial charge in [-0.25, -0.2) is 0 Å². The van der Waals surface area contributed by atoms with E-state index in [-0.39, 0.29) is 5.92 Å². The lowest BCUT2D eigenvalue weighted by atomic mass is 9.70. The molecule has 0 bridgehead atoms. The number of anilines is 2. The second kappa shape index (κ2) is 7.87. The van der Waals surface area contributed by atoms with Gasteiger partial charge in [-0.3, -0.25) is 0 Å². The van der Waals surface area contributed by atoms with Crippen molar-refractivity contribution < 1.29 is 4.74 Å². The summed E-state index contributed by atoms with van der Waals surface area (Å²) >= 11 is 0. The first-order valence-electron chi connectivity index (χ1n) is 12.4. The highest BCUT2D eigenvalue weighted by atomic mass is 16.5. The van der Waals surface area contributed by atoms with Gasteiger partial charge < -0.3 is 16.2 Å². The number of ether oxygens (including phenoxy) is 1. The molecule has 0 saturated carbocycles. The van der Waals surface area contributed by atoms with E-state index in [9.17, 15) is 0 Å². The number of hydrogen-bond donors (Lipinski definition) is 2. The normalized spacial score (nSPS) is 15.6. The second-order valence-electron chi connectivity index (χ2n) is 9.84. The van der Waals surface area contributed by atoms with Crippen molar-refractivity contribution in [2.24, 2.45) is 0 Å². The number of benzene rings is 6. The summed E-state index contributed by atoms with van der Waals surface area (Å²) in [7, 11) is 1.75. The molecule has 0 saturated heterocycles. The highest BCUT2D eigenvalue weighted by Gasteiger charge is 2.38. The molecule has 1 unspecified atom stereocenters. The molecule has 1 aliphatic carbocycles. The molecular formula is C34H26N2O. The van der Waals surface area contributed by atoms with E-state index in [1.54, 1.807) is 7.11 Å². The van der Waals surface area contributed by atoms with Crippen LogP contribution in [0.3, 0.4) is 0 Å². The summed E-state index contributed by atoms with van der Waals surface area (Å²) in [5.74, 6) is 0.876. The zero-order valence-electron chi connectivity index (χ0n) is 20.6. The Kier molecular flexibility index (Phi) is 4.58. The van der Waals surface area contributed by atoms with E-state index in [2.05, 4.69) is 91.5 Å². The molecule has 6 aromatic rings. The molecule has 0 radical (unpaired) electrons. The van der Waals surface area contributed by atoms with Crippen molar-refractivity contribution in [2.75, 3.05) is 18.6 Å². The first-order chi connectivity index (χ1) is 18.0. The Morgan fingerprint density at radius 2 is 1.11 bits per heavy atom. The molecule has 37 heavy (non-hydrogen) atoms. The Bertz CT molecular complexity index is 1960. The van der Waals surface area contributed by atoms with E-state index in [1.165, 1.54) is 21.5 Å². The zero-order chi connectivity index (χ0) is 25.3. The van der Waals surface area contributed by atoms with Crippen LogP contribution >= 0.6 is 0 Å². The van der Waals surface area contributed by atoms with Crippen LogP contribution in [-0.2, 0) is 4.74 Å². The van der Waals surface area contributed by atoms with Crippen molar-refractivity contribution in [3.8, 4) is 0 Å². The van der Waals surface area contributed by atoms with Crippen LogP contribution in [0, 0.1) is 0 Å². The molecule has 178 valence electrons. The number of nitrogens with two attached hydrogens (primary N) is 2. The summed E-state index contributed by atoms with van der Waals surface area (Å²) in [5, 5.41) is 9.05. The first kappa shape index (κ1) is 21.5. The molecule has 3 nitrogen and oxygen atoms in total. The largest absolute Gasteiger partial charge is 0.499 e. The lowest BCUT2D eigenvalue weighted by molar-refractivity contribution is 0.265. The molecule has 6 aromatic carbocycles.